The zero-order valence-corrected chi connectivity index (χ0v) is 13.6. The Morgan fingerprint density at radius 1 is 1.36 bits per heavy atom. The van der Waals surface area contributed by atoms with Crippen LogP contribution in [0.5, 0.6) is 0 Å². The number of hydrogen-bond acceptors (Lipinski definition) is 5. The smallest absolute Gasteiger partial charge is 0.248 e. The highest BCUT2D eigenvalue weighted by Gasteiger charge is 2.25. The van der Waals surface area contributed by atoms with Gasteiger partial charge in [-0.2, -0.15) is 0 Å². The summed E-state index contributed by atoms with van der Waals surface area (Å²) in [6.07, 6.45) is 0.161. The minimum absolute atomic E-state index is 0.0168. The summed E-state index contributed by atoms with van der Waals surface area (Å²) in [5.41, 5.74) is 0.980. The lowest BCUT2D eigenvalue weighted by molar-refractivity contribution is -0.148. The number of amides is 1. The maximum Gasteiger partial charge on any atom is 0.248 e. The topological polar surface area (TPSA) is 51.7 Å². The standard InChI is InChI=1S/C16H20N2O3S/c1-11-7-18(8-12(2)21-11)16(19)10-20-9-15-17-13-5-3-4-6-14(13)22-15/h3-6,11-12H,7-10H2,1-2H3/t11-,12-/m1/s1. The molecule has 0 aliphatic carbocycles. The first-order chi connectivity index (χ1) is 10.6. The Bertz CT molecular complexity index is 615. The average Bonchev–Trinajstić information content (AvgIpc) is 2.88. The van der Waals surface area contributed by atoms with Gasteiger partial charge in [0.05, 0.1) is 29.0 Å². The van der Waals surface area contributed by atoms with Crippen molar-refractivity contribution in [3.8, 4) is 0 Å². The number of morpholine rings is 1. The van der Waals surface area contributed by atoms with E-state index in [2.05, 4.69) is 4.98 Å². The molecule has 1 aromatic carbocycles. The molecule has 0 bridgehead atoms. The Labute approximate surface area is 133 Å². The van der Waals surface area contributed by atoms with Crippen molar-refractivity contribution in [1.82, 2.24) is 9.88 Å². The molecule has 6 heteroatoms. The lowest BCUT2D eigenvalue weighted by Crippen LogP contribution is -2.49. The summed E-state index contributed by atoms with van der Waals surface area (Å²) in [5, 5.41) is 0.901. The Kier molecular flexibility index (Phi) is 4.71. The van der Waals surface area contributed by atoms with Crippen molar-refractivity contribution in [2.75, 3.05) is 19.7 Å². The van der Waals surface area contributed by atoms with Crippen LogP contribution in [0.15, 0.2) is 24.3 Å². The maximum absolute atomic E-state index is 12.2. The van der Waals surface area contributed by atoms with E-state index in [9.17, 15) is 4.79 Å². The molecule has 0 unspecified atom stereocenters. The van der Waals surface area contributed by atoms with Gasteiger partial charge in [0.15, 0.2) is 0 Å². The van der Waals surface area contributed by atoms with Gasteiger partial charge in [-0.1, -0.05) is 12.1 Å². The Balaban J connectivity index is 1.51. The second kappa shape index (κ2) is 6.73. The van der Waals surface area contributed by atoms with Crippen LogP contribution in [0.4, 0.5) is 0 Å². The first kappa shape index (κ1) is 15.4. The summed E-state index contributed by atoms with van der Waals surface area (Å²) >= 11 is 1.60. The quantitative estimate of drug-likeness (QED) is 0.868. The van der Waals surface area contributed by atoms with Gasteiger partial charge in [0.1, 0.15) is 11.6 Å². The van der Waals surface area contributed by atoms with Crippen molar-refractivity contribution in [3.63, 3.8) is 0 Å². The molecule has 5 nitrogen and oxygen atoms in total. The van der Waals surface area contributed by atoms with Crippen molar-refractivity contribution >= 4 is 27.5 Å². The molecule has 1 amide bonds. The summed E-state index contributed by atoms with van der Waals surface area (Å²) in [7, 11) is 0. The van der Waals surface area contributed by atoms with Gasteiger partial charge in [0.2, 0.25) is 5.91 Å². The van der Waals surface area contributed by atoms with E-state index in [0.717, 1.165) is 15.2 Å². The number of fused-ring (bicyclic) bond motifs is 1. The second-order valence-electron chi connectivity index (χ2n) is 5.62. The maximum atomic E-state index is 12.2. The normalized spacial score (nSPS) is 22.2. The Morgan fingerprint density at radius 2 is 2.09 bits per heavy atom. The minimum atomic E-state index is 0.0168. The monoisotopic (exact) mass is 320 g/mol. The predicted octanol–water partition coefficient (Wildman–Crippen LogP) is 2.45. The minimum Gasteiger partial charge on any atom is -0.372 e. The number of thiazole rings is 1. The fraction of sp³-hybridized carbons (Fsp3) is 0.500. The molecule has 3 rings (SSSR count). The van der Waals surface area contributed by atoms with Crippen LogP contribution >= 0.6 is 11.3 Å². The fourth-order valence-corrected chi connectivity index (χ4v) is 3.59. The van der Waals surface area contributed by atoms with Crippen LogP contribution in [-0.4, -0.2) is 47.7 Å². The molecule has 0 spiro atoms. The predicted molar refractivity (Wildman–Crippen MR) is 85.9 cm³/mol. The summed E-state index contributed by atoms with van der Waals surface area (Å²) < 4.78 is 12.3. The van der Waals surface area contributed by atoms with E-state index in [1.165, 1.54) is 0 Å². The second-order valence-corrected chi connectivity index (χ2v) is 6.74. The van der Waals surface area contributed by atoms with E-state index in [1.54, 1.807) is 11.3 Å². The zero-order valence-electron chi connectivity index (χ0n) is 12.8. The summed E-state index contributed by atoms with van der Waals surface area (Å²) in [6.45, 7) is 5.70. The molecule has 1 aliphatic rings. The number of rotatable bonds is 4. The Hall–Kier alpha value is -1.50. The van der Waals surface area contributed by atoms with Crippen molar-refractivity contribution in [1.29, 1.82) is 0 Å². The SMILES string of the molecule is C[C@@H]1CN(C(=O)COCc2nc3ccccc3s2)C[C@@H](C)O1. The zero-order chi connectivity index (χ0) is 15.5. The average molecular weight is 320 g/mol. The van der Waals surface area contributed by atoms with Gasteiger partial charge in [0.25, 0.3) is 0 Å². The molecule has 1 aromatic heterocycles. The number of para-hydroxylation sites is 1. The van der Waals surface area contributed by atoms with Crippen LogP contribution in [0.3, 0.4) is 0 Å². The summed E-state index contributed by atoms with van der Waals surface area (Å²) in [5.74, 6) is 0.0168. The van der Waals surface area contributed by atoms with Crippen molar-refractivity contribution in [2.45, 2.75) is 32.7 Å². The Morgan fingerprint density at radius 3 is 2.82 bits per heavy atom. The molecule has 2 heterocycles. The van der Waals surface area contributed by atoms with E-state index in [-0.39, 0.29) is 24.7 Å². The number of hydrogen-bond donors (Lipinski definition) is 0. The number of nitrogens with zero attached hydrogens (tertiary/aromatic N) is 2. The van der Waals surface area contributed by atoms with Crippen molar-refractivity contribution in [2.24, 2.45) is 0 Å². The molecule has 0 radical (unpaired) electrons. The molecule has 2 atom stereocenters. The van der Waals surface area contributed by atoms with Crippen LogP contribution < -0.4 is 0 Å². The van der Waals surface area contributed by atoms with Gasteiger partial charge in [-0.25, -0.2) is 4.98 Å². The van der Waals surface area contributed by atoms with Gasteiger partial charge in [-0.05, 0) is 26.0 Å². The van der Waals surface area contributed by atoms with E-state index in [0.29, 0.717) is 19.7 Å². The highest BCUT2D eigenvalue weighted by Crippen LogP contribution is 2.22. The largest absolute Gasteiger partial charge is 0.372 e. The number of carbonyl (C=O) groups excluding carboxylic acids is 1. The van der Waals surface area contributed by atoms with E-state index in [1.807, 2.05) is 43.0 Å². The van der Waals surface area contributed by atoms with E-state index < -0.39 is 0 Å². The third-order valence-electron chi connectivity index (χ3n) is 3.56. The molecule has 0 saturated carbocycles. The first-order valence-corrected chi connectivity index (χ1v) is 8.29. The van der Waals surface area contributed by atoms with Crippen molar-refractivity contribution in [3.05, 3.63) is 29.3 Å². The van der Waals surface area contributed by atoms with Crippen LogP contribution in [-0.2, 0) is 20.9 Å². The van der Waals surface area contributed by atoms with Gasteiger partial charge in [0, 0.05) is 13.1 Å². The molecule has 118 valence electrons. The molecule has 22 heavy (non-hydrogen) atoms. The molecule has 1 saturated heterocycles. The third-order valence-corrected chi connectivity index (χ3v) is 4.57. The van der Waals surface area contributed by atoms with Gasteiger partial charge in [-0.3, -0.25) is 4.79 Å². The highest BCUT2D eigenvalue weighted by molar-refractivity contribution is 7.18. The number of carbonyl (C=O) groups is 1. The molecular weight excluding hydrogens is 300 g/mol. The molecular formula is C16H20N2O3S. The third kappa shape index (κ3) is 3.63. The molecule has 1 fully saturated rings. The first-order valence-electron chi connectivity index (χ1n) is 7.47. The number of aromatic nitrogens is 1. The molecule has 0 N–H and O–H groups in total. The lowest BCUT2D eigenvalue weighted by Gasteiger charge is -2.35. The highest BCUT2D eigenvalue weighted by atomic mass is 32.1. The van der Waals surface area contributed by atoms with Crippen LogP contribution in [0.1, 0.15) is 18.9 Å². The van der Waals surface area contributed by atoms with Crippen LogP contribution in [0, 0.1) is 0 Å². The van der Waals surface area contributed by atoms with Gasteiger partial charge in [-0.15, -0.1) is 11.3 Å². The van der Waals surface area contributed by atoms with Crippen LogP contribution in [0.25, 0.3) is 10.2 Å². The lowest BCUT2D eigenvalue weighted by atomic mass is 10.2. The molecule has 2 aromatic rings. The van der Waals surface area contributed by atoms with Crippen LogP contribution in [0.2, 0.25) is 0 Å². The van der Waals surface area contributed by atoms with E-state index in [4.69, 9.17) is 9.47 Å². The number of benzene rings is 1. The van der Waals surface area contributed by atoms with E-state index >= 15 is 0 Å². The fourth-order valence-electron chi connectivity index (χ4n) is 2.68. The summed E-state index contributed by atoms with van der Waals surface area (Å²) in [6, 6.07) is 7.99. The summed E-state index contributed by atoms with van der Waals surface area (Å²) in [4.78, 5) is 18.5. The molecule has 1 aliphatic heterocycles. The van der Waals surface area contributed by atoms with Crippen molar-refractivity contribution < 1.29 is 14.3 Å². The number of ether oxygens (including phenoxy) is 2. The van der Waals surface area contributed by atoms with Gasteiger partial charge >= 0.3 is 0 Å². The van der Waals surface area contributed by atoms with Gasteiger partial charge < -0.3 is 14.4 Å².